The van der Waals surface area contributed by atoms with E-state index in [4.69, 9.17) is 29.0 Å². The fraction of sp³-hybridized carbons (Fsp3) is 0.231. The van der Waals surface area contributed by atoms with Crippen LogP contribution in [0.15, 0.2) is 35.0 Å². The fourth-order valence-electron chi connectivity index (χ4n) is 1.82. The van der Waals surface area contributed by atoms with Crippen molar-refractivity contribution in [1.29, 1.82) is 0 Å². The van der Waals surface area contributed by atoms with Gasteiger partial charge in [-0.2, -0.15) is 11.3 Å². The first-order valence-corrected chi connectivity index (χ1v) is 7.32. The molecular weight excluding hydrogens is 287 g/mol. The number of nitrogens with one attached hydrogen (secondary N) is 1. The summed E-state index contributed by atoms with van der Waals surface area (Å²) >= 11 is 13.6. The lowest BCUT2D eigenvalue weighted by molar-refractivity contribution is 0.517. The summed E-state index contributed by atoms with van der Waals surface area (Å²) in [4.78, 5) is 0. The molecule has 96 valence electrons. The second-order valence-corrected chi connectivity index (χ2v) is 5.66. The molecule has 0 aliphatic heterocycles. The largest absolute Gasteiger partial charge is 0.271 e. The third kappa shape index (κ3) is 3.46. The summed E-state index contributed by atoms with van der Waals surface area (Å²) in [6.07, 6.45) is 1.91. The number of thiophene rings is 1. The van der Waals surface area contributed by atoms with Crippen LogP contribution in [0.4, 0.5) is 0 Å². The van der Waals surface area contributed by atoms with Crippen LogP contribution >= 0.6 is 34.5 Å². The van der Waals surface area contributed by atoms with Gasteiger partial charge in [-0.25, -0.2) is 0 Å². The van der Waals surface area contributed by atoms with Gasteiger partial charge in [0.15, 0.2) is 0 Å². The zero-order valence-electron chi connectivity index (χ0n) is 9.70. The molecule has 0 radical (unpaired) electrons. The molecule has 2 rings (SSSR count). The summed E-state index contributed by atoms with van der Waals surface area (Å²) in [5.74, 6) is 5.61. The first-order valence-electron chi connectivity index (χ1n) is 5.63. The molecule has 2 aromatic rings. The molecule has 1 heterocycles. The maximum absolute atomic E-state index is 6.02. The van der Waals surface area contributed by atoms with Crippen LogP contribution in [0.5, 0.6) is 0 Å². The second-order valence-electron chi connectivity index (χ2n) is 4.06. The molecule has 1 unspecified atom stereocenters. The summed E-state index contributed by atoms with van der Waals surface area (Å²) in [5, 5.41) is 5.36. The number of hydrogen-bond donors (Lipinski definition) is 2. The Hall–Kier alpha value is -0.580. The van der Waals surface area contributed by atoms with Gasteiger partial charge < -0.3 is 0 Å². The van der Waals surface area contributed by atoms with Gasteiger partial charge in [-0.1, -0.05) is 29.3 Å². The molecule has 0 spiro atoms. The van der Waals surface area contributed by atoms with Gasteiger partial charge in [0.05, 0.1) is 10.0 Å². The van der Waals surface area contributed by atoms with Crippen molar-refractivity contribution in [1.82, 2.24) is 5.43 Å². The minimum atomic E-state index is 0.0830. The molecule has 1 aromatic carbocycles. The Morgan fingerprint density at radius 2 is 2.06 bits per heavy atom. The van der Waals surface area contributed by atoms with Crippen molar-refractivity contribution in [3.63, 3.8) is 0 Å². The number of nitrogens with two attached hydrogens (primary N) is 1. The monoisotopic (exact) mass is 300 g/mol. The van der Waals surface area contributed by atoms with Crippen LogP contribution in [0.3, 0.4) is 0 Å². The molecule has 18 heavy (non-hydrogen) atoms. The highest BCUT2D eigenvalue weighted by Gasteiger charge is 2.11. The summed E-state index contributed by atoms with van der Waals surface area (Å²) in [6.45, 7) is 0. The Kier molecular flexibility index (Phi) is 5.03. The third-order valence-electron chi connectivity index (χ3n) is 2.85. The van der Waals surface area contributed by atoms with Crippen LogP contribution in [0, 0.1) is 0 Å². The van der Waals surface area contributed by atoms with Crippen LogP contribution in [-0.2, 0) is 6.42 Å². The van der Waals surface area contributed by atoms with E-state index in [1.54, 1.807) is 17.4 Å². The number of benzene rings is 1. The Morgan fingerprint density at radius 1 is 1.22 bits per heavy atom. The summed E-state index contributed by atoms with van der Waals surface area (Å²) in [7, 11) is 0. The molecule has 3 N–H and O–H groups in total. The van der Waals surface area contributed by atoms with Crippen LogP contribution in [0.2, 0.25) is 10.0 Å². The van der Waals surface area contributed by atoms with Crippen molar-refractivity contribution in [2.24, 2.45) is 5.84 Å². The molecule has 0 bridgehead atoms. The highest BCUT2D eigenvalue weighted by atomic mass is 35.5. The van der Waals surface area contributed by atoms with E-state index >= 15 is 0 Å². The first-order chi connectivity index (χ1) is 8.70. The minimum absolute atomic E-state index is 0.0830. The number of aryl methyl sites for hydroxylation is 1. The summed E-state index contributed by atoms with van der Waals surface area (Å²) in [6, 6.07) is 7.83. The Morgan fingerprint density at radius 3 is 2.67 bits per heavy atom. The van der Waals surface area contributed by atoms with Gasteiger partial charge >= 0.3 is 0 Å². The van der Waals surface area contributed by atoms with Crippen molar-refractivity contribution in [3.05, 3.63) is 56.2 Å². The number of hydrogen-bond acceptors (Lipinski definition) is 3. The van der Waals surface area contributed by atoms with Gasteiger partial charge in [0.2, 0.25) is 0 Å². The average molecular weight is 301 g/mol. The van der Waals surface area contributed by atoms with Crippen molar-refractivity contribution in [2.75, 3.05) is 0 Å². The fourth-order valence-corrected chi connectivity index (χ4v) is 2.83. The molecule has 2 nitrogen and oxygen atoms in total. The summed E-state index contributed by atoms with van der Waals surface area (Å²) < 4.78 is 0. The smallest absolute Gasteiger partial charge is 0.0595 e. The van der Waals surface area contributed by atoms with E-state index in [9.17, 15) is 0 Å². The normalized spacial score (nSPS) is 12.6. The zero-order valence-corrected chi connectivity index (χ0v) is 12.0. The van der Waals surface area contributed by atoms with Crippen molar-refractivity contribution < 1.29 is 0 Å². The van der Waals surface area contributed by atoms with E-state index in [0.29, 0.717) is 10.0 Å². The Balaban J connectivity index is 2.05. The van der Waals surface area contributed by atoms with Gasteiger partial charge in [0, 0.05) is 6.04 Å². The van der Waals surface area contributed by atoms with Gasteiger partial charge in [-0.3, -0.25) is 11.3 Å². The highest BCUT2D eigenvalue weighted by Crippen LogP contribution is 2.27. The van der Waals surface area contributed by atoms with Crippen molar-refractivity contribution >= 4 is 34.5 Å². The summed E-state index contributed by atoms with van der Waals surface area (Å²) in [5.41, 5.74) is 5.22. The number of hydrazine groups is 1. The van der Waals surface area contributed by atoms with E-state index < -0.39 is 0 Å². The molecule has 0 saturated heterocycles. The van der Waals surface area contributed by atoms with Gasteiger partial charge in [0.1, 0.15) is 0 Å². The molecule has 1 aromatic heterocycles. The lowest BCUT2D eigenvalue weighted by atomic mass is 10.0. The predicted octanol–water partition coefficient (Wildman–Crippen LogP) is 4.19. The average Bonchev–Trinajstić information content (AvgIpc) is 2.87. The van der Waals surface area contributed by atoms with E-state index in [-0.39, 0.29) is 6.04 Å². The first kappa shape index (κ1) is 13.8. The SMILES string of the molecule is NNC(CCc1ccsc1)c1ccc(Cl)c(Cl)c1. The van der Waals surface area contributed by atoms with Gasteiger partial charge in [-0.05, 0) is 52.9 Å². The van der Waals surface area contributed by atoms with E-state index in [1.165, 1.54) is 5.56 Å². The zero-order chi connectivity index (χ0) is 13.0. The Labute approximate surface area is 121 Å². The lowest BCUT2D eigenvalue weighted by Crippen LogP contribution is -2.28. The van der Waals surface area contributed by atoms with Gasteiger partial charge in [-0.15, -0.1) is 0 Å². The number of halogens is 2. The maximum Gasteiger partial charge on any atom is 0.0595 e. The van der Waals surface area contributed by atoms with Crippen molar-refractivity contribution in [3.8, 4) is 0 Å². The van der Waals surface area contributed by atoms with Crippen LogP contribution in [-0.4, -0.2) is 0 Å². The maximum atomic E-state index is 6.02. The van der Waals surface area contributed by atoms with Gasteiger partial charge in [0.25, 0.3) is 0 Å². The topological polar surface area (TPSA) is 38.0 Å². The van der Waals surface area contributed by atoms with Crippen LogP contribution in [0.25, 0.3) is 0 Å². The number of rotatable bonds is 5. The quantitative estimate of drug-likeness (QED) is 0.642. The van der Waals surface area contributed by atoms with E-state index in [1.807, 2.05) is 12.1 Å². The molecule has 0 aliphatic carbocycles. The lowest BCUT2D eigenvalue weighted by Gasteiger charge is -2.16. The van der Waals surface area contributed by atoms with E-state index in [2.05, 4.69) is 22.3 Å². The van der Waals surface area contributed by atoms with Crippen LogP contribution < -0.4 is 11.3 Å². The molecular formula is C13H14Cl2N2S. The second kappa shape index (κ2) is 6.55. The minimum Gasteiger partial charge on any atom is -0.271 e. The van der Waals surface area contributed by atoms with E-state index in [0.717, 1.165) is 18.4 Å². The molecule has 1 atom stereocenters. The highest BCUT2D eigenvalue weighted by molar-refractivity contribution is 7.07. The molecule has 5 heteroatoms. The standard InChI is InChI=1S/C13H14Cl2N2S/c14-11-3-2-10(7-12(11)15)13(17-16)4-1-9-5-6-18-8-9/h2-3,5-8,13,17H,1,4,16H2. The predicted molar refractivity (Wildman–Crippen MR) is 79.2 cm³/mol. The third-order valence-corrected chi connectivity index (χ3v) is 4.32. The van der Waals surface area contributed by atoms with Crippen LogP contribution in [0.1, 0.15) is 23.6 Å². The Bertz CT molecular complexity index is 500. The van der Waals surface area contributed by atoms with Crippen molar-refractivity contribution in [2.45, 2.75) is 18.9 Å². The molecule has 0 saturated carbocycles. The molecule has 0 aliphatic rings. The molecule has 0 amide bonds. The molecule has 0 fully saturated rings.